The molecule has 0 unspecified atom stereocenters. The maximum Gasteiger partial charge on any atom is 0.268 e. The van der Waals surface area contributed by atoms with E-state index in [9.17, 15) is 13.7 Å². The number of anilines is 2. The highest BCUT2D eigenvalue weighted by Crippen LogP contribution is 2.44. The molecule has 0 amide bonds. The highest BCUT2D eigenvalue weighted by atomic mass is 32.2. The molecule has 0 bridgehead atoms. The molecule has 0 heterocycles. The molecule has 3 aromatic carbocycles. The molecule has 6 nitrogen and oxygen atoms in total. The van der Waals surface area contributed by atoms with Crippen molar-refractivity contribution in [1.82, 2.24) is 0 Å². The molecule has 0 atom stereocenters. The summed E-state index contributed by atoms with van der Waals surface area (Å²) in [7, 11) is -1.06. The third-order valence-electron chi connectivity index (χ3n) is 5.04. The first-order valence-electron chi connectivity index (χ1n) is 9.59. The van der Waals surface area contributed by atoms with Crippen LogP contribution in [0.15, 0.2) is 59.5 Å². The fourth-order valence-electron chi connectivity index (χ4n) is 3.37. The van der Waals surface area contributed by atoms with Gasteiger partial charge in [0.2, 0.25) is 0 Å². The number of nitriles is 1. The van der Waals surface area contributed by atoms with Gasteiger partial charge in [0.15, 0.2) is 11.5 Å². The third kappa shape index (κ3) is 4.07. The predicted octanol–water partition coefficient (Wildman–Crippen LogP) is 5.03. The van der Waals surface area contributed by atoms with Crippen LogP contribution in [0.3, 0.4) is 0 Å². The van der Waals surface area contributed by atoms with Crippen molar-refractivity contribution in [3.63, 3.8) is 0 Å². The Morgan fingerprint density at radius 2 is 1.55 bits per heavy atom. The second-order valence-electron chi connectivity index (χ2n) is 7.16. The highest BCUT2D eigenvalue weighted by molar-refractivity contribution is 7.93. The first kappa shape index (κ1) is 22.2. The molecule has 0 fully saturated rings. The minimum Gasteiger partial charge on any atom is -0.493 e. The molecule has 0 saturated carbocycles. The molecule has 160 valence electrons. The van der Waals surface area contributed by atoms with Gasteiger partial charge in [0.05, 0.1) is 36.4 Å². The molecule has 0 aromatic heterocycles. The molecule has 0 saturated heterocycles. The second kappa shape index (κ2) is 8.70. The fraction of sp³-hybridized carbons (Fsp3) is 0.208. The summed E-state index contributed by atoms with van der Waals surface area (Å²) < 4.78 is 40.0. The average molecular weight is 437 g/mol. The van der Waals surface area contributed by atoms with Gasteiger partial charge in [-0.1, -0.05) is 23.8 Å². The molecule has 0 spiro atoms. The van der Waals surface area contributed by atoms with Crippen LogP contribution in [-0.2, 0) is 10.0 Å². The monoisotopic (exact) mass is 436 g/mol. The van der Waals surface area contributed by atoms with Crippen molar-refractivity contribution >= 4 is 21.4 Å². The smallest absolute Gasteiger partial charge is 0.268 e. The predicted molar refractivity (Wildman–Crippen MR) is 121 cm³/mol. The molecule has 0 aliphatic rings. The van der Waals surface area contributed by atoms with Gasteiger partial charge in [0.1, 0.15) is 5.69 Å². The van der Waals surface area contributed by atoms with Crippen LogP contribution in [0.4, 0.5) is 11.4 Å². The highest BCUT2D eigenvalue weighted by Gasteiger charge is 2.31. The topological polar surface area (TPSA) is 79.6 Å². The molecule has 3 aromatic rings. The van der Waals surface area contributed by atoms with Crippen LogP contribution in [0, 0.1) is 32.1 Å². The lowest BCUT2D eigenvalue weighted by Gasteiger charge is -2.28. The van der Waals surface area contributed by atoms with E-state index in [1.165, 1.54) is 18.5 Å². The number of para-hydroxylation sites is 1. The Hall–Kier alpha value is -3.50. The summed E-state index contributed by atoms with van der Waals surface area (Å²) in [4.78, 5) is 0.143. The number of aryl methyl sites for hydroxylation is 3. The van der Waals surface area contributed by atoms with Crippen molar-refractivity contribution in [2.75, 3.05) is 18.5 Å². The Morgan fingerprint density at radius 3 is 2.13 bits per heavy atom. The molecule has 0 N–H and O–H groups in total. The first-order chi connectivity index (χ1) is 14.7. The Labute approximate surface area is 183 Å². The minimum atomic E-state index is -4.03. The van der Waals surface area contributed by atoms with Crippen molar-refractivity contribution in [2.45, 2.75) is 25.7 Å². The van der Waals surface area contributed by atoms with E-state index in [1.54, 1.807) is 68.4 Å². The largest absolute Gasteiger partial charge is 0.493 e. The van der Waals surface area contributed by atoms with Crippen LogP contribution in [0.5, 0.6) is 11.5 Å². The van der Waals surface area contributed by atoms with Gasteiger partial charge >= 0.3 is 0 Å². The third-order valence-corrected chi connectivity index (χ3v) is 6.78. The molecule has 7 heteroatoms. The Balaban J connectivity index is 2.38. The molecular weight excluding hydrogens is 412 g/mol. The zero-order chi connectivity index (χ0) is 22.8. The van der Waals surface area contributed by atoms with E-state index in [2.05, 4.69) is 6.07 Å². The van der Waals surface area contributed by atoms with Gasteiger partial charge in [0, 0.05) is 0 Å². The van der Waals surface area contributed by atoms with Gasteiger partial charge in [-0.05, 0) is 68.3 Å². The summed E-state index contributed by atoms with van der Waals surface area (Å²) in [6.07, 6.45) is 0. The lowest BCUT2D eigenvalue weighted by atomic mass is 10.0. The van der Waals surface area contributed by atoms with Crippen LogP contribution in [0.2, 0.25) is 0 Å². The van der Waals surface area contributed by atoms with Crippen molar-refractivity contribution < 1.29 is 17.9 Å². The van der Waals surface area contributed by atoms with E-state index in [0.29, 0.717) is 39.6 Å². The van der Waals surface area contributed by atoms with E-state index >= 15 is 0 Å². The van der Waals surface area contributed by atoms with Gasteiger partial charge in [-0.2, -0.15) is 5.26 Å². The Kier molecular flexibility index (Phi) is 6.23. The van der Waals surface area contributed by atoms with Crippen LogP contribution in [0.25, 0.3) is 0 Å². The number of methoxy groups -OCH3 is 2. The Bertz CT molecular complexity index is 1260. The zero-order valence-corrected chi connectivity index (χ0v) is 18.9. The van der Waals surface area contributed by atoms with Crippen LogP contribution in [-0.4, -0.2) is 22.6 Å². The number of ether oxygens (including phenoxy) is 2. The maximum absolute atomic E-state index is 13.9. The van der Waals surface area contributed by atoms with Gasteiger partial charge < -0.3 is 9.47 Å². The number of benzene rings is 3. The standard InChI is InChI=1S/C24H24N2O4S/c1-16-9-11-20(12-10-16)31(27,28)26(21-7-6-8-23(29-4)24(21)30-5)22-14-17(2)19(15-25)13-18(22)3/h6-14H,1-5H3. The van der Waals surface area contributed by atoms with E-state index in [0.717, 1.165) is 5.56 Å². The number of nitrogens with zero attached hydrogens (tertiary/aromatic N) is 2. The van der Waals surface area contributed by atoms with Crippen LogP contribution < -0.4 is 13.8 Å². The van der Waals surface area contributed by atoms with E-state index in [1.807, 2.05) is 6.92 Å². The summed E-state index contributed by atoms with van der Waals surface area (Å²) in [5.41, 5.74) is 3.51. The maximum atomic E-state index is 13.9. The number of sulfonamides is 1. The van der Waals surface area contributed by atoms with Crippen molar-refractivity contribution in [3.05, 3.63) is 76.9 Å². The normalized spacial score (nSPS) is 11.0. The van der Waals surface area contributed by atoms with Crippen molar-refractivity contribution in [1.29, 1.82) is 5.26 Å². The van der Waals surface area contributed by atoms with Gasteiger partial charge in [-0.3, -0.25) is 0 Å². The number of hydrogen-bond acceptors (Lipinski definition) is 5. The summed E-state index contributed by atoms with van der Waals surface area (Å²) >= 11 is 0. The van der Waals surface area contributed by atoms with E-state index in [4.69, 9.17) is 9.47 Å². The summed E-state index contributed by atoms with van der Waals surface area (Å²) in [5, 5.41) is 9.39. The SMILES string of the molecule is COc1cccc(N(c2cc(C)c(C#N)cc2C)S(=O)(=O)c2ccc(C)cc2)c1OC. The van der Waals surface area contributed by atoms with Gasteiger partial charge in [0.25, 0.3) is 10.0 Å². The molecule has 3 rings (SSSR count). The Morgan fingerprint density at radius 1 is 0.871 bits per heavy atom. The quantitative estimate of drug-likeness (QED) is 0.542. The van der Waals surface area contributed by atoms with Crippen LogP contribution in [0.1, 0.15) is 22.3 Å². The molecule has 0 aliphatic carbocycles. The van der Waals surface area contributed by atoms with Crippen LogP contribution >= 0.6 is 0 Å². The first-order valence-corrected chi connectivity index (χ1v) is 11.0. The van der Waals surface area contributed by atoms with Crippen molar-refractivity contribution in [2.24, 2.45) is 0 Å². The summed E-state index contributed by atoms with van der Waals surface area (Å²) in [5.74, 6) is 0.703. The van der Waals surface area contributed by atoms with E-state index < -0.39 is 10.0 Å². The second-order valence-corrected chi connectivity index (χ2v) is 8.95. The molecule has 31 heavy (non-hydrogen) atoms. The lowest BCUT2D eigenvalue weighted by Crippen LogP contribution is -2.27. The summed E-state index contributed by atoms with van der Waals surface area (Å²) in [6.45, 7) is 5.45. The minimum absolute atomic E-state index is 0.143. The number of hydrogen-bond donors (Lipinski definition) is 0. The average Bonchev–Trinajstić information content (AvgIpc) is 2.75. The molecule has 0 aliphatic heterocycles. The molecular formula is C24H24N2O4S. The zero-order valence-electron chi connectivity index (χ0n) is 18.1. The number of rotatable bonds is 6. The van der Waals surface area contributed by atoms with Gasteiger partial charge in [-0.25, -0.2) is 12.7 Å². The summed E-state index contributed by atoms with van der Waals surface area (Å²) in [6, 6.07) is 17.3. The molecule has 0 radical (unpaired) electrons. The fourth-order valence-corrected chi connectivity index (χ4v) is 4.92. The van der Waals surface area contributed by atoms with Crippen molar-refractivity contribution in [3.8, 4) is 17.6 Å². The van der Waals surface area contributed by atoms with E-state index in [-0.39, 0.29) is 4.90 Å². The van der Waals surface area contributed by atoms with Gasteiger partial charge in [-0.15, -0.1) is 0 Å². The lowest BCUT2D eigenvalue weighted by molar-refractivity contribution is 0.356.